The van der Waals surface area contributed by atoms with Crippen LogP contribution in [-0.4, -0.2) is 49.4 Å². The fraction of sp³-hybridized carbons (Fsp3) is 0.667. The number of aliphatic hydroxyl groups is 1. The lowest BCUT2D eigenvalue weighted by Crippen LogP contribution is -2.16. The zero-order valence-corrected chi connectivity index (χ0v) is 17.9. The largest absolute Gasteiger partial charge is 0.490 e. The second kappa shape index (κ2) is 11.5. The summed E-state index contributed by atoms with van der Waals surface area (Å²) in [6.45, 7) is 1.07. The molecule has 0 amide bonds. The molecule has 0 spiro atoms. The molecule has 3 rings (SSSR count). The summed E-state index contributed by atoms with van der Waals surface area (Å²) in [5.41, 5.74) is 1.20. The molecule has 1 saturated carbocycles. The van der Waals surface area contributed by atoms with Gasteiger partial charge in [-0.3, -0.25) is 4.79 Å². The number of benzene rings is 1. The van der Waals surface area contributed by atoms with Crippen LogP contribution in [0, 0.1) is 5.92 Å². The minimum absolute atomic E-state index is 0.161. The predicted molar refractivity (Wildman–Crippen MR) is 113 cm³/mol. The van der Waals surface area contributed by atoms with Crippen LogP contribution in [0.15, 0.2) is 18.2 Å². The molecule has 6 nitrogen and oxygen atoms in total. The third-order valence-corrected chi connectivity index (χ3v) is 5.81. The maximum atomic E-state index is 12.9. The molecule has 1 aromatic rings. The Balaban J connectivity index is 1.63. The molecule has 0 bridgehead atoms. The number of esters is 1. The minimum atomic E-state index is -0.414. The van der Waals surface area contributed by atoms with E-state index in [0.29, 0.717) is 43.3 Å². The Morgan fingerprint density at radius 3 is 2.67 bits per heavy atom. The van der Waals surface area contributed by atoms with E-state index in [1.54, 1.807) is 18.2 Å². The molecule has 2 fully saturated rings. The monoisotopic (exact) mass is 418 g/mol. The molecule has 166 valence electrons. The van der Waals surface area contributed by atoms with Gasteiger partial charge in [-0.05, 0) is 62.6 Å². The van der Waals surface area contributed by atoms with E-state index >= 15 is 0 Å². The lowest BCUT2D eigenvalue weighted by atomic mass is 9.89. The third-order valence-electron chi connectivity index (χ3n) is 5.81. The first-order chi connectivity index (χ1) is 14.5. The molecule has 1 N–H and O–H groups in total. The van der Waals surface area contributed by atoms with Crippen molar-refractivity contribution in [3.63, 3.8) is 0 Å². The Kier molecular flexibility index (Phi) is 8.70. The van der Waals surface area contributed by atoms with Crippen LogP contribution in [0.5, 0.6) is 5.75 Å². The number of aliphatic hydroxyl groups excluding tert-OH is 1. The number of methoxy groups -OCH3 is 1. The van der Waals surface area contributed by atoms with E-state index in [-0.39, 0.29) is 18.3 Å². The van der Waals surface area contributed by atoms with Crippen molar-refractivity contribution in [1.29, 1.82) is 0 Å². The molecule has 0 aromatic heterocycles. The molecule has 2 aliphatic rings. The Morgan fingerprint density at radius 2 is 1.90 bits per heavy atom. The molecule has 0 radical (unpaired) electrons. The van der Waals surface area contributed by atoms with E-state index in [1.807, 2.05) is 0 Å². The summed E-state index contributed by atoms with van der Waals surface area (Å²) in [7, 11) is 1.35. The van der Waals surface area contributed by atoms with Gasteiger partial charge in [0, 0.05) is 25.0 Å². The van der Waals surface area contributed by atoms with Crippen LogP contribution in [0.25, 0.3) is 0 Å². The second-order valence-electron chi connectivity index (χ2n) is 8.57. The SMILES string of the molecule is COC(=O)c1ccc(OC2CC2)c(CC(=O)CC2CCCCOCC(O)CCC2)c1. The van der Waals surface area contributed by atoms with Gasteiger partial charge in [0.15, 0.2) is 0 Å². The number of hydrogen-bond donors (Lipinski definition) is 1. The highest BCUT2D eigenvalue weighted by Gasteiger charge is 2.26. The first-order valence-corrected chi connectivity index (χ1v) is 11.2. The van der Waals surface area contributed by atoms with E-state index < -0.39 is 12.1 Å². The normalized spacial score (nSPS) is 23.3. The van der Waals surface area contributed by atoms with Crippen molar-refractivity contribution in [2.24, 2.45) is 5.92 Å². The quantitative estimate of drug-likeness (QED) is 0.677. The Hall–Kier alpha value is -1.92. The Morgan fingerprint density at radius 1 is 1.10 bits per heavy atom. The summed E-state index contributed by atoms with van der Waals surface area (Å²) < 4.78 is 16.3. The molecule has 1 aromatic carbocycles. The molecular formula is C24H34O6. The molecule has 1 aliphatic carbocycles. The van der Waals surface area contributed by atoms with E-state index in [4.69, 9.17) is 14.2 Å². The van der Waals surface area contributed by atoms with Crippen LogP contribution in [0.4, 0.5) is 0 Å². The molecule has 2 unspecified atom stereocenters. The number of ether oxygens (including phenoxy) is 3. The molecule has 1 saturated heterocycles. The summed E-state index contributed by atoms with van der Waals surface area (Å²) in [5.74, 6) is 0.765. The van der Waals surface area contributed by atoms with Crippen molar-refractivity contribution in [2.75, 3.05) is 20.3 Å². The lowest BCUT2D eigenvalue weighted by molar-refractivity contribution is -0.119. The van der Waals surface area contributed by atoms with Gasteiger partial charge in [-0.1, -0.05) is 12.8 Å². The van der Waals surface area contributed by atoms with E-state index in [0.717, 1.165) is 50.5 Å². The number of carbonyl (C=O) groups is 2. The topological polar surface area (TPSA) is 82.1 Å². The van der Waals surface area contributed by atoms with Crippen molar-refractivity contribution in [1.82, 2.24) is 0 Å². The molecule has 1 aliphatic heterocycles. The second-order valence-corrected chi connectivity index (χ2v) is 8.57. The first kappa shape index (κ1) is 22.8. The smallest absolute Gasteiger partial charge is 0.337 e. The number of Topliss-reactive ketones (excluding diaryl/α,β-unsaturated/α-hetero) is 1. The fourth-order valence-corrected chi connectivity index (χ4v) is 3.98. The molecule has 6 heteroatoms. The molecular weight excluding hydrogens is 384 g/mol. The number of ketones is 1. The lowest BCUT2D eigenvalue weighted by Gasteiger charge is -2.17. The zero-order valence-electron chi connectivity index (χ0n) is 17.9. The van der Waals surface area contributed by atoms with Crippen LogP contribution in [0.3, 0.4) is 0 Å². The summed E-state index contributed by atoms with van der Waals surface area (Å²) in [6, 6.07) is 5.20. The van der Waals surface area contributed by atoms with Crippen molar-refractivity contribution < 1.29 is 28.9 Å². The standard InChI is InChI=1S/C24H34O6/c1-28-24(27)18-8-11-23(30-22-9-10-22)19(14-18)15-21(26)13-17-5-2-3-12-29-16-20(25)7-4-6-17/h8,11,14,17,20,22,25H,2-7,9-10,12-13,15-16H2,1H3. The summed E-state index contributed by atoms with van der Waals surface area (Å²) in [6.07, 6.45) is 8.18. The number of hydrogen-bond acceptors (Lipinski definition) is 6. The minimum Gasteiger partial charge on any atom is -0.490 e. The van der Waals surface area contributed by atoms with Gasteiger partial charge in [0.05, 0.1) is 31.5 Å². The van der Waals surface area contributed by atoms with Crippen LogP contribution < -0.4 is 4.74 Å². The maximum absolute atomic E-state index is 12.9. The highest BCUT2D eigenvalue weighted by Crippen LogP contribution is 2.31. The van der Waals surface area contributed by atoms with Crippen molar-refractivity contribution in [2.45, 2.75) is 76.4 Å². The average molecular weight is 419 g/mol. The van der Waals surface area contributed by atoms with Crippen LogP contribution in [0.2, 0.25) is 0 Å². The third kappa shape index (κ3) is 7.40. The van der Waals surface area contributed by atoms with Crippen molar-refractivity contribution in [3.8, 4) is 5.75 Å². The molecule has 2 atom stereocenters. The van der Waals surface area contributed by atoms with Gasteiger partial charge in [0.1, 0.15) is 11.5 Å². The highest BCUT2D eigenvalue weighted by atomic mass is 16.5. The highest BCUT2D eigenvalue weighted by molar-refractivity contribution is 5.90. The van der Waals surface area contributed by atoms with Crippen LogP contribution in [-0.2, 0) is 20.7 Å². The molecule has 30 heavy (non-hydrogen) atoms. The predicted octanol–water partition coefficient (Wildman–Crippen LogP) is 3.86. The molecule has 1 heterocycles. The van der Waals surface area contributed by atoms with Gasteiger partial charge in [-0.2, -0.15) is 0 Å². The first-order valence-electron chi connectivity index (χ1n) is 11.2. The van der Waals surface area contributed by atoms with E-state index in [2.05, 4.69) is 0 Å². The van der Waals surface area contributed by atoms with Gasteiger partial charge < -0.3 is 19.3 Å². The van der Waals surface area contributed by atoms with Gasteiger partial charge >= 0.3 is 5.97 Å². The summed E-state index contributed by atoms with van der Waals surface area (Å²) in [4.78, 5) is 24.8. The van der Waals surface area contributed by atoms with E-state index in [9.17, 15) is 14.7 Å². The average Bonchev–Trinajstić information content (AvgIpc) is 3.54. The fourth-order valence-electron chi connectivity index (χ4n) is 3.98. The van der Waals surface area contributed by atoms with Gasteiger partial charge in [-0.15, -0.1) is 0 Å². The Labute approximate surface area is 178 Å². The van der Waals surface area contributed by atoms with Crippen molar-refractivity contribution >= 4 is 11.8 Å². The maximum Gasteiger partial charge on any atom is 0.337 e. The van der Waals surface area contributed by atoms with Gasteiger partial charge in [0.2, 0.25) is 0 Å². The summed E-state index contributed by atoms with van der Waals surface area (Å²) in [5, 5.41) is 9.94. The van der Waals surface area contributed by atoms with Gasteiger partial charge in [0.25, 0.3) is 0 Å². The number of rotatable bonds is 7. The van der Waals surface area contributed by atoms with Crippen LogP contribution >= 0.6 is 0 Å². The van der Waals surface area contributed by atoms with Crippen LogP contribution in [0.1, 0.15) is 73.7 Å². The van der Waals surface area contributed by atoms with Gasteiger partial charge in [-0.25, -0.2) is 4.79 Å². The Bertz CT molecular complexity index is 712. The zero-order chi connectivity index (χ0) is 21.3. The number of carbonyl (C=O) groups excluding carboxylic acids is 2. The van der Waals surface area contributed by atoms with Crippen molar-refractivity contribution in [3.05, 3.63) is 29.3 Å². The summed E-state index contributed by atoms with van der Waals surface area (Å²) >= 11 is 0. The van der Waals surface area contributed by atoms with E-state index in [1.165, 1.54) is 7.11 Å².